The highest BCUT2D eigenvalue weighted by Crippen LogP contribution is 2.17. The molecular formula is C17H14F2O2. The molecule has 0 saturated heterocycles. The lowest BCUT2D eigenvalue weighted by Gasteiger charge is -2.05. The molecule has 0 fully saturated rings. The van der Waals surface area contributed by atoms with E-state index in [1.165, 1.54) is 6.92 Å². The first-order chi connectivity index (χ1) is 9.88. The third-order valence-electron chi connectivity index (χ3n) is 3.24. The van der Waals surface area contributed by atoms with Crippen molar-refractivity contribution in [3.8, 4) is 0 Å². The van der Waals surface area contributed by atoms with Gasteiger partial charge in [0.1, 0.15) is 11.6 Å². The standard InChI is InChI=1S/C17H14F2O2/c1-10-3-5-12(6-4-10)16(20)9-17(21)13-8-14(18)11(2)7-15(13)19/h3-8H,9H2,1-2H3. The van der Waals surface area contributed by atoms with Gasteiger partial charge in [-0.15, -0.1) is 0 Å². The molecular weight excluding hydrogens is 274 g/mol. The van der Waals surface area contributed by atoms with Crippen LogP contribution in [-0.4, -0.2) is 11.6 Å². The number of hydrogen-bond donors (Lipinski definition) is 0. The Morgan fingerprint density at radius 2 is 1.52 bits per heavy atom. The van der Waals surface area contributed by atoms with Crippen molar-refractivity contribution in [3.05, 3.63) is 70.3 Å². The maximum Gasteiger partial charge on any atom is 0.173 e. The minimum Gasteiger partial charge on any atom is -0.294 e. The summed E-state index contributed by atoms with van der Waals surface area (Å²) in [6, 6.07) is 8.52. The van der Waals surface area contributed by atoms with Crippen LogP contribution in [0.15, 0.2) is 36.4 Å². The van der Waals surface area contributed by atoms with Crippen LogP contribution in [-0.2, 0) is 0 Å². The first kappa shape index (κ1) is 15.0. The molecule has 0 atom stereocenters. The molecule has 2 rings (SSSR count). The number of hydrogen-bond acceptors (Lipinski definition) is 2. The minimum absolute atomic E-state index is 0.119. The molecule has 0 N–H and O–H groups in total. The van der Waals surface area contributed by atoms with Gasteiger partial charge in [-0.2, -0.15) is 0 Å². The van der Waals surface area contributed by atoms with Gasteiger partial charge in [0, 0.05) is 5.56 Å². The fourth-order valence-corrected chi connectivity index (χ4v) is 1.94. The molecule has 0 aliphatic heterocycles. The summed E-state index contributed by atoms with van der Waals surface area (Å²) in [4.78, 5) is 23.9. The average molecular weight is 288 g/mol. The van der Waals surface area contributed by atoms with Gasteiger partial charge in [0.2, 0.25) is 0 Å². The first-order valence-corrected chi connectivity index (χ1v) is 6.47. The van der Waals surface area contributed by atoms with E-state index in [0.717, 1.165) is 17.7 Å². The zero-order valence-corrected chi connectivity index (χ0v) is 11.7. The molecule has 2 aromatic carbocycles. The van der Waals surface area contributed by atoms with E-state index in [1.54, 1.807) is 24.3 Å². The molecule has 2 aromatic rings. The van der Waals surface area contributed by atoms with Crippen LogP contribution in [0.5, 0.6) is 0 Å². The second-order valence-corrected chi connectivity index (χ2v) is 4.97. The smallest absolute Gasteiger partial charge is 0.173 e. The molecule has 0 aromatic heterocycles. The van der Waals surface area contributed by atoms with E-state index in [4.69, 9.17) is 0 Å². The van der Waals surface area contributed by atoms with Crippen LogP contribution in [0.3, 0.4) is 0 Å². The molecule has 21 heavy (non-hydrogen) atoms. The van der Waals surface area contributed by atoms with E-state index in [9.17, 15) is 18.4 Å². The summed E-state index contributed by atoms with van der Waals surface area (Å²) in [7, 11) is 0. The highest BCUT2D eigenvalue weighted by atomic mass is 19.1. The number of aryl methyl sites for hydroxylation is 2. The Morgan fingerprint density at radius 1 is 0.905 bits per heavy atom. The number of benzene rings is 2. The molecule has 0 spiro atoms. The molecule has 108 valence electrons. The van der Waals surface area contributed by atoms with E-state index >= 15 is 0 Å². The van der Waals surface area contributed by atoms with Gasteiger partial charge in [0.05, 0.1) is 12.0 Å². The monoisotopic (exact) mass is 288 g/mol. The first-order valence-electron chi connectivity index (χ1n) is 6.47. The highest BCUT2D eigenvalue weighted by molar-refractivity contribution is 6.13. The third kappa shape index (κ3) is 3.40. The van der Waals surface area contributed by atoms with E-state index in [0.29, 0.717) is 5.56 Å². The number of carbonyl (C=O) groups is 2. The van der Waals surface area contributed by atoms with Crippen LogP contribution in [0, 0.1) is 25.5 Å². The average Bonchev–Trinajstić information content (AvgIpc) is 2.43. The van der Waals surface area contributed by atoms with Crippen LogP contribution >= 0.6 is 0 Å². The quantitative estimate of drug-likeness (QED) is 0.628. The summed E-state index contributed by atoms with van der Waals surface area (Å²) in [5.74, 6) is -2.62. The highest BCUT2D eigenvalue weighted by Gasteiger charge is 2.18. The second kappa shape index (κ2) is 5.95. The van der Waals surface area contributed by atoms with Crippen LogP contribution < -0.4 is 0 Å². The zero-order valence-electron chi connectivity index (χ0n) is 11.7. The fraction of sp³-hybridized carbons (Fsp3) is 0.176. The van der Waals surface area contributed by atoms with Crippen molar-refractivity contribution in [2.45, 2.75) is 20.3 Å². The van der Waals surface area contributed by atoms with Crippen molar-refractivity contribution in [1.82, 2.24) is 0 Å². The van der Waals surface area contributed by atoms with Crippen LogP contribution in [0.4, 0.5) is 8.78 Å². The van der Waals surface area contributed by atoms with Gasteiger partial charge in [0.25, 0.3) is 0 Å². The van der Waals surface area contributed by atoms with Gasteiger partial charge >= 0.3 is 0 Å². The molecule has 0 amide bonds. The maximum absolute atomic E-state index is 13.7. The number of ketones is 2. The summed E-state index contributed by atoms with van der Waals surface area (Å²) < 4.78 is 27.1. The van der Waals surface area contributed by atoms with Crippen LogP contribution in [0.25, 0.3) is 0 Å². The summed E-state index contributed by atoms with van der Waals surface area (Å²) in [6.07, 6.45) is -0.484. The topological polar surface area (TPSA) is 34.1 Å². The Kier molecular flexibility index (Phi) is 4.26. The molecule has 0 aliphatic rings. The van der Waals surface area contributed by atoms with Gasteiger partial charge in [-0.1, -0.05) is 29.8 Å². The Bertz CT molecular complexity index is 703. The normalized spacial score (nSPS) is 10.5. The molecule has 2 nitrogen and oxygen atoms in total. The Morgan fingerprint density at radius 3 is 2.14 bits per heavy atom. The minimum atomic E-state index is -0.810. The zero-order chi connectivity index (χ0) is 15.6. The molecule has 0 aliphatic carbocycles. The predicted molar refractivity (Wildman–Crippen MR) is 75.6 cm³/mol. The second-order valence-electron chi connectivity index (χ2n) is 4.97. The lowest BCUT2D eigenvalue weighted by atomic mass is 9.99. The lowest BCUT2D eigenvalue weighted by Crippen LogP contribution is -2.11. The molecule has 0 unspecified atom stereocenters. The van der Waals surface area contributed by atoms with Crippen molar-refractivity contribution in [2.24, 2.45) is 0 Å². The lowest BCUT2D eigenvalue weighted by molar-refractivity contribution is 0.0892. The summed E-state index contributed by atoms with van der Waals surface area (Å²) in [6.45, 7) is 3.29. The van der Waals surface area contributed by atoms with Crippen molar-refractivity contribution >= 4 is 11.6 Å². The Balaban J connectivity index is 2.20. The van der Waals surface area contributed by atoms with Crippen molar-refractivity contribution in [2.75, 3.05) is 0 Å². The van der Waals surface area contributed by atoms with Crippen molar-refractivity contribution < 1.29 is 18.4 Å². The van der Waals surface area contributed by atoms with E-state index in [-0.39, 0.29) is 5.56 Å². The maximum atomic E-state index is 13.7. The fourth-order valence-electron chi connectivity index (χ4n) is 1.94. The predicted octanol–water partition coefficient (Wildman–Crippen LogP) is 4.04. The van der Waals surface area contributed by atoms with E-state index < -0.39 is 35.2 Å². The van der Waals surface area contributed by atoms with E-state index in [2.05, 4.69) is 0 Å². The number of rotatable bonds is 4. The summed E-state index contributed by atoms with van der Waals surface area (Å²) in [5, 5.41) is 0. The van der Waals surface area contributed by atoms with Crippen molar-refractivity contribution in [3.63, 3.8) is 0 Å². The molecule has 0 heterocycles. The van der Waals surface area contributed by atoms with E-state index in [1.807, 2.05) is 6.92 Å². The number of carbonyl (C=O) groups excluding carboxylic acids is 2. The number of halogens is 2. The van der Waals surface area contributed by atoms with Crippen molar-refractivity contribution in [1.29, 1.82) is 0 Å². The molecule has 4 heteroatoms. The summed E-state index contributed by atoms with van der Waals surface area (Å²) >= 11 is 0. The Hall–Kier alpha value is -2.36. The van der Waals surface area contributed by atoms with Gasteiger partial charge in [0.15, 0.2) is 11.6 Å². The molecule has 0 radical (unpaired) electrons. The van der Waals surface area contributed by atoms with Gasteiger partial charge < -0.3 is 0 Å². The molecule has 0 saturated carbocycles. The number of Topliss-reactive ketones (excluding diaryl/α,β-unsaturated/α-hetero) is 2. The van der Waals surface area contributed by atoms with Gasteiger partial charge in [-0.3, -0.25) is 9.59 Å². The third-order valence-corrected chi connectivity index (χ3v) is 3.24. The Labute approximate surface area is 121 Å². The van der Waals surface area contributed by atoms with Gasteiger partial charge in [-0.05, 0) is 31.5 Å². The van der Waals surface area contributed by atoms with Crippen LogP contribution in [0.2, 0.25) is 0 Å². The van der Waals surface area contributed by atoms with Crippen LogP contribution in [0.1, 0.15) is 38.3 Å². The SMILES string of the molecule is Cc1ccc(C(=O)CC(=O)c2cc(F)c(C)cc2F)cc1. The van der Waals surface area contributed by atoms with Gasteiger partial charge in [-0.25, -0.2) is 8.78 Å². The summed E-state index contributed by atoms with van der Waals surface area (Å²) in [5.41, 5.74) is 1.10. The molecule has 0 bridgehead atoms. The largest absolute Gasteiger partial charge is 0.294 e.